The summed E-state index contributed by atoms with van der Waals surface area (Å²) in [4.78, 5) is 28.1. The third-order valence-electron chi connectivity index (χ3n) is 4.74. The number of amidine groups is 1. The molecule has 1 unspecified atom stereocenters. The number of carbonyl (C=O) groups excluding carboxylic acids is 2. The van der Waals surface area contributed by atoms with Crippen LogP contribution in [0.1, 0.15) is 25.8 Å². The van der Waals surface area contributed by atoms with Crippen LogP contribution in [0.2, 0.25) is 0 Å². The first-order chi connectivity index (χ1) is 15.4. The van der Waals surface area contributed by atoms with E-state index >= 15 is 0 Å². The first kappa shape index (κ1) is 24.4. The van der Waals surface area contributed by atoms with Crippen LogP contribution < -0.4 is 10.0 Å². The van der Waals surface area contributed by atoms with Crippen LogP contribution in [-0.2, 0) is 19.6 Å². The number of rotatable bonds is 7. The van der Waals surface area contributed by atoms with Gasteiger partial charge in [-0.15, -0.1) is 0 Å². The van der Waals surface area contributed by atoms with Crippen molar-refractivity contribution < 1.29 is 31.2 Å². The Kier molecular flexibility index (Phi) is 6.61. The van der Waals surface area contributed by atoms with Gasteiger partial charge in [-0.05, 0) is 30.7 Å². The molecule has 2 aromatic carbocycles. The molecule has 3 rings (SSSR count). The van der Waals surface area contributed by atoms with Crippen molar-refractivity contribution in [1.29, 1.82) is 0 Å². The van der Waals surface area contributed by atoms with E-state index in [1.54, 1.807) is 25.1 Å². The third-order valence-corrected chi connectivity index (χ3v) is 6.20. The number of alkyl halides is 3. The molecule has 0 saturated carbocycles. The monoisotopic (exact) mass is 482 g/mol. The second-order valence-corrected chi connectivity index (χ2v) is 8.96. The summed E-state index contributed by atoms with van der Waals surface area (Å²) in [5.41, 5.74) is -3.23. The molecule has 1 aliphatic rings. The van der Waals surface area contributed by atoms with Gasteiger partial charge < -0.3 is 5.32 Å². The number of halogens is 3. The van der Waals surface area contributed by atoms with Crippen molar-refractivity contribution in [3.63, 3.8) is 0 Å². The Bertz CT molecular complexity index is 1180. The van der Waals surface area contributed by atoms with Gasteiger partial charge in [0, 0.05) is 24.7 Å². The van der Waals surface area contributed by atoms with E-state index < -0.39 is 38.6 Å². The molecule has 0 spiro atoms. The predicted octanol–water partition coefficient (Wildman–Crippen LogP) is 2.88. The molecule has 33 heavy (non-hydrogen) atoms. The number of hydrogen-bond donors (Lipinski definition) is 2. The number of carbonyl (C=O) groups is 2. The van der Waals surface area contributed by atoms with Crippen molar-refractivity contribution in [1.82, 2.24) is 9.62 Å². The molecule has 0 aliphatic carbocycles. The minimum absolute atomic E-state index is 0.0858. The molecule has 8 nitrogen and oxygen atoms in total. The fourth-order valence-corrected chi connectivity index (χ4v) is 4.53. The average molecular weight is 482 g/mol. The predicted molar refractivity (Wildman–Crippen MR) is 115 cm³/mol. The maximum absolute atomic E-state index is 14.3. The largest absolute Gasteiger partial charge is 0.437 e. The van der Waals surface area contributed by atoms with E-state index in [1.807, 2.05) is 0 Å². The summed E-state index contributed by atoms with van der Waals surface area (Å²) < 4.78 is 70.2. The standard InChI is InChI=1S/C21H21F3N4O4S/c1-3-13-28-18(15-7-5-4-6-8-15)26-20(19(28)30,21(22,23)24)27-33(31,32)17-11-9-16(10-12-17)25-14(2)29/h4-12,27H,3,13H2,1-2H3,(H,25,29). The first-order valence-electron chi connectivity index (χ1n) is 9.87. The summed E-state index contributed by atoms with van der Waals surface area (Å²) in [6.45, 7) is 2.83. The number of amides is 2. The molecule has 0 radical (unpaired) electrons. The smallest absolute Gasteiger partial charge is 0.326 e. The van der Waals surface area contributed by atoms with E-state index in [0.29, 0.717) is 6.42 Å². The summed E-state index contributed by atoms with van der Waals surface area (Å²) in [5, 5.41) is 2.42. The SMILES string of the molecule is CCCN1C(=O)C(NS(=O)(=O)c2ccc(NC(C)=O)cc2)(C(F)(F)F)N=C1c1ccccc1. The molecule has 176 valence electrons. The second kappa shape index (κ2) is 8.94. The quantitative estimate of drug-likeness (QED) is 0.633. The number of nitrogens with zero attached hydrogens (tertiary/aromatic N) is 2. The lowest BCUT2D eigenvalue weighted by atomic mass is 10.1. The van der Waals surface area contributed by atoms with E-state index in [4.69, 9.17) is 0 Å². The van der Waals surface area contributed by atoms with Gasteiger partial charge >= 0.3 is 11.8 Å². The van der Waals surface area contributed by atoms with Gasteiger partial charge in [0.05, 0.1) is 4.90 Å². The number of hydrogen-bond acceptors (Lipinski definition) is 5. The Morgan fingerprint density at radius 2 is 1.70 bits per heavy atom. The topological polar surface area (TPSA) is 108 Å². The third kappa shape index (κ3) is 4.76. The molecule has 2 amide bonds. The molecule has 0 aromatic heterocycles. The minimum atomic E-state index is -5.37. The Labute approximate surface area is 188 Å². The molecule has 12 heteroatoms. The van der Waals surface area contributed by atoms with Crippen LogP contribution in [0.4, 0.5) is 18.9 Å². The summed E-state index contributed by atoms with van der Waals surface area (Å²) in [7, 11) is -4.84. The van der Waals surface area contributed by atoms with E-state index in [2.05, 4.69) is 10.3 Å². The van der Waals surface area contributed by atoms with Crippen LogP contribution in [-0.4, -0.2) is 49.4 Å². The second-order valence-electron chi connectivity index (χ2n) is 7.28. The van der Waals surface area contributed by atoms with Gasteiger partial charge in [-0.25, -0.2) is 13.4 Å². The molecule has 0 saturated heterocycles. The van der Waals surface area contributed by atoms with Gasteiger partial charge in [0.15, 0.2) is 0 Å². The zero-order chi connectivity index (χ0) is 24.4. The fourth-order valence-electron chi connectivity index (χ4n) is 3.28. The Morgan fingerprint density at radius 1 is 1.09 bits per heavy atom. The minimum Gasteiger partial charge on any atom is -0.326 e. The Morgan fingerprint density at radius 3 is 2.21 bits per heavy atom. The van der Waals surface area contributed by atoms with Crippen molar-refractivity contribution in [3.05, 3.63) is 60.2 Å². The average Bonchev–Trinajstić information content (AvgIpc) is 3.01. The van der Waals surface area contributed by atoms with Gasteiger partial charge in [-0.1, -0.05) is 37.3 Å². The van der Waals surface area contributed by atoms with E-state index in [0.717, 1.165) is 17.0 Å². The molecule has 2 aromatic rings. The van der Waals surface area contributed by atoms with Crippen molar-refractivity contribution in [2.45, 2.75) is 37.0 Å². The van der Waals surface area contributed by atoms with Crippen LogP contribution in [0.15, 0.2) is 64.5 Å². The molecule has 0 bridgehead atoms. The Balaban J connectivity index is 2.08. The van der Waals surface area contributed by atoms with E-state index in [9.17, 15) is 31.2 Å². The lowest BCUT2D eigenvalue weighted by molar-refractivity contribution is -0.194. The molecular weight excluding hydrogens is 461 g/mol. The van der Waals surface area contributed by atoms with Crippen LogP contribution in [0.3, 0.4) is 0 Å². The van der Waals surface area contributed by atoms with Crippen LogP contribution >= 0.6 is 0 Å². The summed E-state index contributed by atoms with van der Waals surface area (Å²) in [5.74, 6) is -2.22. The van der Waals surface area contributed by atoms with Gasteiger partial charge in [-0.3, -0.25) is 14.5 Å². The van der Waals surface area contributed by atoms with Crippen LogP contribution in [0.25, 0.3) is 0 Å². The molecular formula is C21H21F3N4O4S. The highest BCUT2D eigenvalue weighted by molar-refractivity contribution is 7.89. The van der Waals surface area contributed by atoms with Crippen molar-refractivity contribution in [2.75, 3.05) is 11.9 Å². The van der Waals surface area contributed by atoms with Gasteiger partial charge in [-0.2, -0.15) is 17.9 Å². The zero-order valence-electron chi connectivity index (χ0n) is 17.7. The van der Waals surface area contributed by atoms with Gasteiger partial charge in [0.2, 0.25) is 15.9 Å². The highest BCUT2D eigenvalue weighted by Gasteiger charge is 2.67. The summed E-state index contributed by atoms with van der Waals surface area (Å²) in [6.07, 6.45) is -5.04. The maximum Gasteiger partial charge on any atom is 0.437 e. The summed E-state index contributed by atoms with van der Waals surface area (Å²) in [6, 6.07) is 12.2. The highest BCUT2D eigenvalue weighted by Crippen LogP contribution is 2.39. The van der Waals surface area contributed by atoms with Crippen molar-refractivity contribution >= 4 is 33.4 Å². The van der Waals surface area contributed by atoms with Gasteiger partial charge in [0.25, 0.3) is 5.91 Å². The van der Waals surface area contributed by atoms with Crippen molar-refractivity contribution in [2.24, 2.45) is 4.99 Å². The first-order valence-corrected chi connectivity index (χ1v) is 11.3. The van der Waals surface area contributed by atoms with Crippen LogP contribution in [0, 0.1) is 0 Å². The lowest BCUT2D eigenvalue weighted by Gasteiger charge is -2.28. The molecule has 1 aliphatic heterocycles. The zero-order valence-corrected chi connectivity index (χ0v) is 18.5. The van der Waals surface area contributed by atoms with Gasteiger partial charge in [0.1, 0.15) is 5.84 Å². The Hall–Kier alpha value is -3.25. The molecule has 0 fully saturated rings. The normalized spacial score (nSPS) is 18.9. The molecule has 1 heterocycles. The number of nitrogens with one attached hydrogen (secondary N) is 2. The summed E-state index contributed by atoms with van der Waals surface area (Å²) >= 11 is 0. The highest BCUT2D eigenvalue weighted by atomic mass is 32.2. The maximum atomic E-state index is 14.3. The number of anilines is 1. The fraction of sp³-hybridized carbons (Fsp3) is 0.286. The van der Waals surface area contributed by atoms with Crippen LogP contribution in [0.5, 0.6) is 0 Å². The van der Waals surface area contributed by atoms with E-state index in [1.165, 1.54) is 35.9 Å². The number of aliphatic imine (C=N–C) groups is 1. The lowest BCUT2D eigenvalue weighted by Crippen LogP contribution is -2.63. The van der Waals surface area contributed by atoms with E-state index in [-0.39, 0.29) is 23.6 Å². The number of benzene rings is 2. The number of sulfonamides is 1. The molecule has 1 atom stereocenters. The van der Waals surface area contributed by atoms with Crippen molar-refractivity contribution in [3.8, 4) is 0 Å². The molecule has 2 N–H and O–H groups in total.